The minimum Gasteiger partial charge on any atom is -0.454 e. The SMILES string of the molecule is CN(c1ccccc1)c1ccc(C(=O)NCc2ccc3c(c2)OCO3)nc1. The van der Waals surface area contributed by atoms with E-state index in [1.54, 1.807) is 12.3 Å². The first kappa shape index (κ1) is 16.9. The zero-order valence-electron chi connectivity index (χ0n) is 14.9. The van der Waals surface area contributed by atoms with Gasteiger partial charge in [0.15, 0.2) is 11.5 Å². The lowest BCUT2D eigenvalue weighted by molar-refractivity contribution is 0.0946. The van der Waals surface area contributed by atoms with E-state index in [-0.39, 0.29) is 12.7 Å². The van der Waals surface area contributed by atoms with E-state index in [1.165, 1.54) is 0 Å². The fraction of sp³-hybridized carbons (Fsp3) is 0.143. The second-order valence-electron chi connectivity index (χ2n) is 6.17. The van der Waals surface area contributed by atoms with Gasteiger partial charge < -0.3 is 19.7 Å². The van der Waals surface area contributed by atoms with Crippen molar-refractivity contribution in [1.82, 2.24) is 10.3 Å². The average molecular weight is 361 g/mol. The Morgan fingerprint density at radius 2 is 1.85 bits per heavy atom. The number of carbonyl (C=O) groups is 1. The molecule has 0 saturated carbocycles. The van der Waals surface area contributed by atoms with E-state index in [4.69, 9.17) is 9.47 Å². The van der Waals surface area contributed by atoms with Crippen LogP contribution < -0.4 is 19.7 Å². The van der Waals surface area contributed by atoms with Crippen molar-refractivity contribution in [2.45, 2.75) is 6.54 Å². The fourth-order valence-corrected chi connectivity index (χ4v) is 2.84. The third kappa shape index (κ3) is 3.69. The van der Waals surface area contributed by atoms with Gasteiger partial charge in [-0.2, -0.15) is 0 Å². The predicted octanol–water partition coefficient (Wildman–Crippen LogP) is 3.51. The van der Waals surface area contributed by atoms with Crippen LogP contribution in [0.25, 0.3) is 0 Å². The standard InChI is InChI=1S/C21H19N3O3/c1-24(16-5-3-2-4-6-16)17-8-9-18(22-13-17)21(25)23-12-15-7-10-19-20(11-15)27-14-26-19/h2-11,13H,12,14H2,1H3,(H,23,25). The van der Waals surface area contributed by atoms with Crippen molar-refractivity contribution in [2.24, 2.45) is 0 Å². The van der Waals surface area contributed by atoms with Crippen LogP contribution in [0, 0.1) is 0 Å². The Hall–Kier alpha value is -3.54. The molecule has 1 aliphatic rings. The first-order valence-corrected chi connectivity index (χ1v) is 8.62. The molecule has 0 unspecified atom stereocenters. The molecule has 0 bridgehead atoms. The molecule has 0 aliphatic carbocycles. The number of rotatable bonds is 5. The Kier molecular flexibility index (Phi) is 4.61. The molecule has 136 valence electrons. The van der Waals surface area contributed by atoms with Crippen molar-refractivity contribution in [3.63, 3.8) is 0 Å². The molecule has 6 nitrogen and oxygen atoms in total. The monoisotopic (exact) mass is 361 g/mol. The summed E-state index contributed by atoms with van der Waals surface area (Å²) in [5.74, 6) is 1.21. The number of anilines is 2. The maximum absolute atomic E-state index is 12.4. The second-order valence-corrected chi connectivity index (χ2v) is 6.17. The van der Waals surface area contributed by atoms with Crippen LogP contribution in [0.3, 0.4) is 0 Å². The molecule has 0 saturated heterocycles. The van der Waals surface area contributed by atoms with E-state index in [9.17, 15) is 4.79 Å². The molecule has 4 rings (SSSR count). The highest BCUT2D eigenvalue weighted by molar-refractivity contribution is 5.92. The molecule has 0 radical (unpaired) electrons. The zero-order chi connectivity index (χ0) is 18.6. The van der Waals surface area contributed by atoms with Gasteiger partial charge in [0.1, 0.15) is 5.69 Å². The Labute approximate surface area is 157 Å². The van der Waals surface area contributed by atoms with Gasteiger partial charge in [-0.15, -0.1) is 0 Å². The number of hydrogen-bond donors (Lipinski definition) is 1. The molecule has 3 aromatic rings. The average Bonchev–Trinajstić information content (AvgIpc) is 3.20. The number of para-hydroxylation sites is 1. The first-order chi connectivity index (χ1) is 13.2. The molecule has 27 heavy (non-hydrogen) atoms. The molecule has 0 fully saturated rings. The Bertz CT molecular complexity index is 943. The van der Waals surface area contributed by atoms with Crippen LogP contribution in [0.1, 0.15) is 16.1 Å². The first-order valence-electron chi connectivity index (χ1n) is 8.62. The lowest BCUT2D eigenvalue weighted by Crippen LogP contribution is -2.24. The van der Waals surface area contributed by atoms with E-state index in [1.807, 2.05) is 66.5 Å². The summed E-state index contributed by atoms with van der Waals surface area (Å²) < 4.78 is 10.6. The topological polar surface area (TPSA) is 63.7 Å². The van der Waals surface area contributed by atoms with Gasteiger partial charge in [0.2, 0.25) is 6.79 Å². The minimum absolute atomic E-state index is 0.221. The number of pyridine rings is 1. The van der Waals surface area contributed by atoms with Gasteiger partial charge in [0, 0.05) is 19.3 Å². The molecule has 2 aromatic carbocycles. The van der Waals surface area contributed by atoms with Crippen molar-refractivity contribution in [1.29, 1.82) is 0 Å². The van der Waals surface area contributed by atoms with Crippen molar-refractivity contribution in [2.75, 3.05) is 18.7 Å². The lowest BCUT2D eigenvalue weighted by Gasteiger charge is -2.19. The van der Waals surface area contributed by atoms with Gasteiger partial charge in [-0.05, 0) is 42.0 Å². The second kappa shape index (κ2) is 7.37. The molecular formula is C21H19N3O3. The van der Waals surface area contributed by atoms with Gasteiger partial charge in [-0.25, -0.2) is 4.98 Å². The van der Waals surface area contributed by atoms with Crippen LogP contribution in [0.2, 0.25) is 0 Å². The molecular weight excluding hydrogens is 342 g/mol. The highest BCUT2D eigenvalue weighted by atomic mass is 16.7. The summed E-state index contributed by atoms with van der Waals surface area (Å²) in [5, 5.41) is 2.88. The molecule has 1 aromatic heterocycles. The highest BCUT2D eigenvalue weighted by Gasteiger charge is 2.14. The van der Waals surface area contributed by atoms with E-state index in [0.717, 1.165) is 22.7 Å². The number of aromatic nitrogens is 1. The normalized spacial score (nSPS) is 11.9. The lowest BCUT2D eigenvalue weighted by atomic mass is 10.2. The summed E-state index contributed by atoms with van der Waals surface area (Å²) in [7, 11) is 1.96. The molecule has 0 spiro atoms. The zero-order valence-corrected chi connectivity index (χ0v) is 14.9. The van der Waals surface area contributed by atoms with Crippen LogP contribution in [0.15, 0.2) is 66.9 Å². The Morgan fingerprint density at radius 1 is 1.04 bits per heavy atom. The minimum atomic E-state index is -0.221. The van der Waals surface area contributed by atoms with Gasteiger partial charge in [0.05, 0.1) is 11.9 Å². The maximum atomic E-state index is 12.4. The van der Waals surface area contributed by atoms with Gasteiger partial charge >= 0.3 is 0 Å². The van der Waals surface area contributed by atoms with Crippen LogP contribution in [-0.2, 0) is 6.54 Å². The number of hydrogen-bond acceptors (Lipinski definition) is 5. The van der Waals surface area contributed by atoms with Crippen molar-refractivity contribution in [3.05, 3.63) is 78.1 Å². The van der Waals surface area contributed by atoms with Crippen LogP contribution in [0.5, 0.6) is 11.5 Å². The molecule has 2 heterocycles. The number of nitrogens with zero attached hydrogens (tertiary/aromatic N) is 2. The quantitative estimate of drug-likeness (QED) is 0.753. The number of nitrogens with one attached hydrogen (secondary N) is 1. The Morgan fingerprint density at radius 3 is 2.63 bits per heavy atom. The summed E-state index contributed by atoms with van der Waals surface area (Å²) in [6.07, 6.45) is 1.70. The summed E-state index contributed by atoms with van der Waals surface area (Å²) in [6, 6.07) is 19.2. The van der Waals surface area contributed by atoms with Crippen LogP contribution in [0.4, 0.5) is 11.4 Å². The smallest absolute Gasteiger partial charge is 0.270 e. The van der Waals surface area contributed by atoms with Gasteiger partial charge in [-0.1, -0.05) is 24.3 Å². The van der Waals surface area contributed by atoms with Crippen molar-refractivity contribution in [3.8, 4) is 11.5 Å². The van der Waals surface area contributed by atoms with Gasteiger partial charge in [0.25, 0.3) is 5.91 Å². The molecule has 1 amide bonds. The molecule has 1 aliphatic heterocycles. The van der Waals surface area contributed by atoms with E-state index >= 15 is 0 Å². The van der Waals surface area contributed by atoms with Gasteiger partial charge in [-0.3, -0.25) is 4.79 Å². The number of amides is 1. The van der Waals surface area contributed by atoms with E-state index in [2.05, 4.69) is 10.3 Å². The van der Waals surface area contributed by atoms with E-state index < -0.39 is 0 Å². The number of benzene rings is 2. The van der Waals surface area contributed by atoms with Crippen molar-refractivity contribution < 1.29 is 14.3 Å². The maximum Gasteiger partial charge on any atom is 0.270 e. The third-order valence-electron chi connectivity index (χ3n) is 4.40. The molecule has 0 atom stereocenters. The number of ether oxygens (including phenoxy) is 2. The third-order valence-corrected chi connectivity index (χ3v) is 4.40. The molecule has 6 heteroatoms. The summed E-state index contributed by atoms with van der Waals surface area (Å²) in [5.41, 5.74) is 3.28. The summed E-state index contributed by atoms with van der Waals surface area (Å²) in [4.78, 5) is 18.7. The summed E-state index contributed by atoms with van der Waals surface area (Å²) >= 11 is 0. The fourth-order valence-electron chi connectivity index (χ4n) is 2.84. The van der Waals surface area contributed by atoms with Crippen LogP contribution in [-0.4, -0.2) is 24.7 Å². The predicted molar refractivity (Wildman–Crippen MR) is 102 cm³/mol. The Balaban J connectivity index is 1.39. The molecule has 1 N–H and O–H groups in total. The number of fused-ring (bicyclic) bond motifs is 1. The largest absolute Gasteiger partial charge is 0.454 e. The van der Waals surface area contributed by atoms with Crippen LogP contribution >= 0.6 is 0 Å². The van der Waals surface area contributed by atoms with E-state index in [0.29, 0.717) is 18.0 Å². The highest BCUT2D eigenvalue weighted by Crippen LogP contribution is 2.32. The number of carbonyl (C=O) groups excluding carboxylic acids is 1. The van der Waals surface area contributed by atoms with Crippen molar-refractivity contribution >= 4 is 17.3 Å². The summed E-state index contributed by atoms with van der Waals surface area (Å²) in [6.45, 7) is 0.627.